The third-order valence-corrected chi connectivity index (χ3v) is 2.79. The molecule has 1 heterocycles. The van der Waals surface area contributed by atoms with Crippen LogP contribution < -0.4 is 0 Å². The Kier molecular flexibility index (Phi) is 1.91. The Balaban J connectivity index is 2.33. The van der Waals surface area contributed by atoms with E-state index in [1.807, 2.05) is 12.1 Å². The highest BCUT2D eigenvalue weighted by molar-refractivity contribution is 5.37. The molecule has 2 aliphatic rings. The molecule has 0 N–H and O–H groups in total. The summed E-state index contributed by atoms with van der Waals surface area (Å²) in [6.07, 6.45) is 8.73. The van der Waals surface area contributed by atoms with Crippen molar-refractivity contribution in [2.24, 2.45) is 11.8 Å². The van der Waals surface area contributed by atoms with Gasteiger partial charge in [-0.2, -0.15) is 0 Å². The standard InChI is InChI=1S/C11H15N2/c1-8-5-4-6-11-10(8)7-9(2)13(3)12-11/h4-8,10H,1-3H3/q-1. The van der Waals surface area contributed by atoms with Gasteiger partial charge in [0.2, 0.25) is 0 Å². The van der Waals surface area contributed by atoms with Gasteiger partial charge in [-0.25, -0.2) is 0 Å². The summed E-state index contributed by atoms with van der Waals surface area (Å²) in [6.45, 7) is 4.34. The highest BCUT2D eigenvalue weighted by Crippen LogP contribution is 2.36. The van der Waals surface area contributed by atoms with Gasteiger partial charge in [-0.1, -0.05) is 31.2 Å². The Morgan fingerprint density at radius 3 is 3.00 bits per heavy atom. The summed E-state index contributed by atoms with van der Waals surface area (Å²) in [4.78, 5) is 0. The van der Waals surface area contributed by atoms with Gasteiger partial charge < -0.3 is 10.4 Å². The first-order valence-corrected chi connectivity index (χ1v) is 4.70. The van der Waals surface area contributed by atoms with E-state index in [4.69, 9.17) is 0 Å². The van der Waals surface area contributed by atoms with Crippen LogP contribution in [0.15, 0.2) is 35.7 Å². The van der Waals surface area contributed by atoms with Crippen LogP contribution in [0.3, 0.4) is 0 Å². The number of allylic oxidation sites excluding steroid dienone is 5. The van der Waals surface area contributed by atoms with Gasteiger partial charge in [-0.15, -0.1) is 5.70 Å². The SMILES string of the molecule is CC1=CC2C(=CC=CC2C)[N-]N1C. The molecule has 0 saturated heterocycles. The molecule has 0 aromatic rings. The quantitative estimate of drug-likeness (QED) is 0.553. The molecule has 1 aliphatic carbocycles. The summed E-state index contributed by atoms with van der Waals surface area (Å²) in [5, 5.41) is 1.94. The van der Waals surface area contributed by atoms with Gasteiger partial charge >= 0.3 is 0 Å². The van der Waals surface area contributed by atoms with Crippen LogP contribution in [0.4, 0.5) is 0 Å². The fourth-order valence-corrected chi connectivity index (χ4v) is 1.79. The van der Waals surface area contributed by atoms with Crippen molar-refractivity contribution in [3.8, 4) is 0 Å². The zero-order valence-corrected chi connectivity index (χ0v) is 8.36. The molecular weight excluding hydrogens is 160 g/mol. The van der Waals surface area contributed by atoms with E-state index < -0.39 is 0 Å². The van der Waals surface area contributed by atoms with Crippen LogP contribution >= 0.6 is 0 Å². The highest BCUT2D eigenvalue weighted by atomic mass is 15.5. The summed E-state index contributed by atoms with van der Waals surface area (Å²) in [7, 11) is 1.99. The van der Waals surface area contributed by atoms with Crippen molar-refractivity contribution in [1.29, 1.82) is 0 Å². The van der Waals surface area contributed by atoms with Gasteiger partial charge in [0.1, 0.15) is 0 Å². The van der Waals surface area contributed by atoms with Gasteiger partial charge in [0.25, 0.3) is 0 Å². The summed E-state index contributed by atoms with van der Waals surface area (Å²) >= 11 is 0. The molecule has 0 saturated carbocycles. The van der Waals surface area contributed by atoms with Gasteiger partial charge in [-0.3, -0.25) is 0 Å². The van der Waals surface area contributed by atoms with E-state index in [0.29, 0.717) is 11.8 Å². The molecule has 2 rings (SSSR count). The third kappa shape index (κ3) is 1.37. The number of hydrogen-bond acceptors (Lipinski definition) is 1. The molecule has 0 amide bonds. The molecule has 0 radical (unpaired) electrons. The molecule has 70 valence electrons. The fourth-order valence-electron chi connectivity index (χ4n) is 1.79. The Bertz CT molecular complexity index is 299. The van der Waals surface area contributed by atoms with Crippen LogP contribution in [0.25, 0.3) is 5.43 Å². The molecule has 2 unspecified atom stereocenters. The first-order chi connectivity index (χ1) is 6.18. The van der Waals surface area contributed by atoms with Crippen LogP contribution in [-0.4, -0.2) is 12.1 Å². The van der Waals surface area contributed by atoms with Crippen LogP contribution in [-0.2, 0) is 0 Å². The predicted molar refractivity (Wildman–Crippen MR) is 54.8 cm³/mol. The summed E-state index contributed by atoms with van der Waals surface area (Å²) < 4.78 is 0. The minimum absolute atomic E-state index is 0.487. The zero-order chi connectivity index (χ0) is 9.42. The van der Waals surface area contributed by atoms with Crippen molar-refractivity contribution in [3.63, 3.8) is 0 Å². The van der Waals surface area contributed by atoms with E-state index in [2.05, 4.69) is 43.6 Å². The lowest BCUT2D eigenvalue weighted by Gasteiger charge is -2.48. The van der Waals surface area contributed by atoms with Crippen LogP contribution in [0, 0.1) is 11.8 Å². The lowest BCUT2D eigenvalue weighted by atomic mass is 9.85. The minimum atomic E-state index is 0.487. The largest absolute Gasteiger partial charge is 0.598 e. The first-order valence-electron chi connectivity index (χ1n) is 4.70. The number of fused-ring (bicyclic) bond motifs is 1. The van der Waals surface area contributed by atoms with E-state index in [-0.39, 0.29) is 0 Å². The molecule has 2 atom stereocenters. The van der Waals surface area contributed by atoms with Crippen molar-refractivity contribution in [1.82, 2.24) is 5.01 Å². The summed E-state index contributed by atoms with van der Waals surface area (Å²) in [5.74, 6) is 1.06. The van der Waals surface area contributed by atoms with Crippen LogP contribution in [0.2, 0.25) is 0 Å². The van der Waals surface area contributed by atoms with E-state index in [0.717, 1.165) is 0 Å². The van der Waals surface area contributed by atoms with Gasteiger partial charge in [0.15, 0.2) is 0 Å². The second kappa shape index (κ2) is 2.95. The average Bonchev–Trinajstić information content (AvgIpc) is 2.09. The zero-order valence-electron chi connectivity index (χ0n) is 8.36. The normalized spacial score (nSPS) is 31.8. The van der Waals surface area contributed by atoms with Crippen molar-refractivity contribution in [2.75, 3.05) is 7.05 Å². The van der Waals surface area contributed by atoms with Crippen molar-refractivity contribution >= 4 is 0 Å². The average molecular weight is 175 g/mol. The van der Waals surface area contributed by atoms with Crippen molar-refractivity contribution in [2.45, 2.75) is 13.8 Å². The first kappa shape index (κ1) is 8.42. The topological polar surface area (TPSA) is 17.3 Å². The Morgan fingerprint density at radius 2 is 2.23 bits per heavy atom. The van der Waals surface area contributed by atoms with E-state index in [1.54, 1.807) is 0 Å². The molecule has 2 heteroatoms. The molecule has 1 aliphatic heterocycles. The highest BCUT2D eigenvalue weighted by Gasteiger charge is 2.18. The summed E-state index contributed by atoms with van der Waals surface area (Å²) in [5.41, 5.74) is 6.93. The maximum atomic E-state index is 4.51. The number of hydrogen-bond donors (Lipinski definition) is 0. The number of rotatable bonds is 0. The second-order valence-corrected chi connectivity index (χ2v) is 3.79. The third-order valence-electron chi connectivity index (χ3n) is 2.79. The Morgan fingerprint density at radius 1 is 1.46 bits per heavy atom. The molecule has 13 heavy (non-hydrogen) atoms. The van der Waals surface area contributed by atoms with Crippen LogP contribution in [0.1, 0.15) is 13.8 Å². The Hall–Kier alpha value is -1.18. The molecule has 0 spiro atoms. The van der Waals surface area contributed by atoms with E-state index in [1.165, 1.54) is 11.4 Å². The maximum absolute atomic E-state index is 4.51. The molecule has 0 bridgehead atoms. The molecular formula is C11H15N2-. The smallest absolute Gasteiger partial charge is 0.00698 e. The van der Waals surface area contributed by atoms with E-state index >= 15 is 0 Å². The van der Waals surface area contributed by atoms with Crippen molar-refractivity contribution in [3.05, 3.63) is 41.1 Å². The van der Waals surface area contributed by atoms with Crippen LogP contribution in [0.5, 0.6) is 0 Å². The monoisotopic (exact) mass is 175 g/mol. The molecule has 0 aromatic carbocycles. The lowest BCUT2D eigenvalue weighted by Crippen LogP contribution is -2.24. The second-order valence-electron chi connectivity index (χ2n) is 3.79. The fraction of sp³-hybridized carbons (Fsp3) is 0.455. The molecule has 2 nitrogen and oxygen atoms in total. The maximum Gasteiger partial charge on any atom is -0.00698 e. The molecule has 0 fully saturated rings. The number of nitrogens with zero attached hydrogens (tertiary/aromatic N) is 2. The minimum Gasteiger partial charge on any atom is -0.598 e. The van der Waals surface area contributed by atoms with Gasteiger partial charge in [-0.05, 0) is 31.5 Å². The molecule has 0 aromatic heterocycles. The van der Waals surface area contributed by atoms with Gasteiger partial charge in [0.05, 0.1) is 0 Å². The predicted octanol–water partition coefficient (Wildman–Crippen LogP) is 2.83. The van der Waals surface area contributed by atoms with Gasteiger partial charge in [0, 0.05) is 0 Å². The van der Waals surface area contributed by atoms with E-state index in [9.17, 15) is 0 Å². The Labute approximate surface area is 79.6 Å². The summed E-state index contributed by atoms with van der Waals surface area (Å²) in [6, 6.07) is 0. The van der Waals surface area contributed by atoms with Crippen molar-refractivity contribution < 1.29 is 0 Å². The lowest BCUT2D eigenvalue weighted by molar-refractivity contribution is 0.450.